The monoisotopic (exact) mass is 409 g/mol. The van der Waals surface area contributed by atoms with Gasteiger partial charge in [0.25, 0.3) is 11.4 Å². The highest BCUT2D eigenvalue weighted by Crippen LogP contribution is 2.31. The predicted octanol–water partition coefficient (Wildman–Crippen LogP) is 4.37. The minimum Gasteiger partial charge on any atom is -0.495 e. The largest absolute Gasteiger partial charge is 0.495 e. The van der Waals surface area contributed by atoms with Gasteiger partial charge in [0.15, 0.2) is 0 Å². The lowest BCUT2D eigenvalue weighted by atomic mass is 10.2. The lowest BCUT2D eigenvalue weighted by Gasteiger charge is -2.13. The summed E-state index contributed by atoms with van der Waals surface area (Å²) >= 11 is 0. The number of nitro benzene ring substituents is 2. The Labute approximate surface area is 171 Å². The van der Waals surface area contributed by atoms with E-state index in [-0.39, 0.29) is 11.4 Å². The number of nitrogens with one attached hydrogen (secondary N) is 1. The summed E-state index contributed by atoms with van der Waals surface area (Å²) in [6.45, 7) is 3.75. The van der Waals surface area contributed by atoms with Gasteiger partial charge in [0.2, 0.25) is 0 Å². The Morgan fingerprint density at radius 2 is 1.63 bits per heavy atom. The van der Waals surface area contributed by atoms with Crippen molar-refractivity contribution in [1.29, 1.82) is 0 Å². The van der Waals surface area contributed by atoms with Crippen molar-refractivity contribution in [2.45, 2.75) is 13.8 Å². The van der Waals surface area contributed by atoms with Crippen molar-refractivity contribution in [2.75, 3.05) is 12.5 Å². The van der Waals surface area contributed by atoms with Gasteiger partial charge in [0.1, 0.15) is 5.75 Å². The minimum absolute atomic E-state index is 0.000947. The highest BCUT2D eigenvalue weighted by atomic mass is 16.6. The minimum atomic E-state index is -0.468. The number of hydrogen-bond donors (Lipinski definition) is 1. The molecular formula is C20H19N5O5. The van der Waals surface area contributed by atoms with E-state index in [9.17, 15) is 20.2 Å². The van der Waals surface area contributed by atoms with Gasteiger partial charge in [-0.05, 0) is 38.1 Å². The molecule has 0 amide bonds. The third-order valence-electron chi connectivity index (χ3n) is 4.56. The van der Waals surface area contributed by atoms with Crippen LogP contribution in [0.4, 0.5) is 17.1 Å². The molecule has 0 unspecified atom stereocenters. The first-order valence-electron chi connectivity index (χ1n) is 8.87. The molecule has 1 N–H and O–H groups in total. The van der Waals surface area contributed by atoms with Crippen LogP contribution < -0.4 is 10.2 Å². The summed E-state index contributed by atoms with van der Waals surface area (Å²) in [7, 11) is 1.51. The third-order valence-corrected chi connectivity index (χ3v) is 4.56. The second-order valence-electron chi connectivity index (χ2n) is 6.45. The molecule has 0 saturated heterocycles. The van der Waals surface area contributed by atoms with E-state index >= 15 is 0 Å². The number of rotatable bonds is 7. The van der Waals surface area contributed by atoms with Gasteiger partial charge in [-0.25, -0.2) is 0 Å². The van der Waals surface area contributed by atoms with E-state index < -0.39 is 9.85 Å². The van der Waals surface area contributed by atoms with Crippen LogP contribution in [0.25, 0.3) is 5.69 Å². The van der Waals surface area contributed by atoms with Crippen molar-refractivity contribution < 1.29 is 14.6 Å². The topological polar surface area (TPSA) is 125 Å². The van der Waals surface area contributed by atoms with Gasteiger partial charge in [-0.1, -0.05) is 0 Å². The molecule has 0 bridgehead atoms. The first kappa shape index (κ1) is 20.5. The summed E-state index contributed by atoms with van der Waals surface area (Å²) < 4.78 is 7.24. The third kappa shape index (κ3) is 4.12. The van der Waals surface area contributed by atoms with Crippen LogP contribution in [0, 0.1) is 34.1 Å². The van der Waals surface area contributed by atoms with Crippen molar-refractivity contribution in [1.82, 2.24) is 4.57 Å². The van der Waals surface area contributed by atoms with Gasteiger partial charge in [-0.2, -0.15) is 5.10 Å². The SMILES string of the molecule is COc1ccc([N+](=O)[O-])cc1-n1c(C)cc(/C=N/Nc2ccc([N+](=O)[O-])cc2)c1C. The van der Waals surface area contributed by atoms with Crippen LogP contribution in [0.2, 0.25) is 0 Å². The molecule has 0 fully saturated rings. The molecule has 3 aromatic rings. The zero-order valence-electron chi connectivity index (χ0n) is 16.5. The smallest absolute Gasteiger partial charge is 0.271 e. The van der Waals surface area contributed by atoms with E-state index in [1.165, 1.54) is 31.4 Å². The van der Waals surface area contributed by atoms with Crippen molar-refractivity contribution in [3.05, 3.63) is 85.7 Å². The molecule has 3 rings (SSSR count). The van der Waals surface area contributed by atoms with Gasteiger partial charge < -0.3 is 9.30 Å². The predicted molar refractivity (Wildman–Crippen MR) is 113 cm³/mol. The Morgan fingerprint density at radius 1 is 1.00 bits per heavy atom. The summed E-state index contributed by atoms with van der Waals surface area (Å²) in [6, 6.07) is 12.2. The van der Waals surface area contributed by atoms with Gasteiger partial charge >= 0.3 is 0 Å². The van der Waals surface area contributed by atoms with E-state index in [0.29, 0.717) is 17.1 Å². The fourth-order valence-electron chi connectivity index (χ4n) is 3.09. The van der Waals surface area contributed by atoms with E-state index in [2.05, 4.69) is 10.5 Å². The average molecular weight is 409 g/mol. The normalized spacial score (nSPS) is 10.9. The number of non-ortho nitro benzene ring substituents is 2. The number of benzene rings is 2. The second kappa shape index (κ2) is 8.43. The van der Waals surface area contributed by atoms with Crippen LogP contribution in [-0.2, 0) is 0 Å². The van der Waals surface area contributed by atoms with Gasteiger partial charge in [0, 0.05) is 41.2 Å². The number of hydrogen-bond acceptors (Lipinski definition) is 7. The van der Waals surface area contributed by atoms with Crippen LogP contribution in [0.1, 0.15) is 17.0 Å². The number of anilines is 1. The fraction of sp³-hybridized carbons (Fsp3) is 0.150. The quantitative estimate of drug-likeness (QED) is 0.351. The number of nitro groups is 2. The first-order valence-corrected chi connectivity index (χ1v) is 8.87. The van der Waals surface area contributed by atoms with Crippen LogP contribution in [0.15, 0.2) is 53.6 Å². The Kier molecular flexibility index (Phi) is 5.77. The molecule has 10 heteroatoms. The maximum Gasteiger partial charge on any atom is 0.271 e. The zero-order valence-corrected chi connectivity index (χ0v) is 16.5. The maximum absolute atomic E-state index is 11.2. The van der Waals surface area contributed by atoms with Gasteiger partial charge in [-0.3, -0.25) is 25.7 Å². The number of nitrogens with zero attached hydrogens (tertiary/aromatic N) is 4. The van der Waals surface area contributed by atoms with E-state index in [0.717, 1.165) is 17.0 Å². The lowest BCUT2D eigenvalue weighted by molar-refractivity contribution is -0.385. The van der Waals surface area contributed by atoms with Gasteiger partial charge in [0.05, 0.1) is 34.5 Å². The average Bonchev–Trinajstić information content (AvgIpc) is 3.01. The van der Waals surface area contributed by atoms with Crippen molar-refractivity contribution in [3.8, 4) is 11.4 Å². The molecule has 2 aromatic carbocycles. The van der Waals surface area contributed by atoms with Crippen molar-refractivity contribution in [3.63, 3.8) is 0 Å². The lowest BCUT2D eigenvalue weighted by Crippen LogP contribution is -2.03. The van der Waals surface area contributed by atoms with Crippen molar-refractivity contribution >= 4 is 23.3 Å². The van der Waals surface area contributed by atoms with Crippen LogP contribution in [0.3, 0.4) is 0 Å². The number of methoxy groups -OCH3 is 1. The highest BCUT2D eigenvalue weighted by molar-refractivity contribution is 5.83. The Bertz CT molecular complexity index is 1140. The second-order valence-corrected chi connectivity index (χ2v) is 6.45. The molecule has 154 valence electrons. The Morgan fingerprint density at radius 3 is 2.23 bits per heavy atom. The first-order chi connectivity index (χ1) is 14.3. The van der Waals surface area contributed by atoms with Crippen LogP contribution in [-0.4, -0.2) is 27.7 Å². The molecule has 0 aliphatic carbocycles. The molecule has 1 heterocycles. The van der Waals surface area contributed by atoms with E-state index in [1.807, 2.05) is 24.5 Å². The highest BCUT2D eigenvalue weighted by Gasteiger charge is 2.17. The molecule has 0 radical (unpaired) electrons. The van der Waals surface area contributed by atoms with E-state index in [1.54, 1.807) is 24.4 Å². The summed E-state index contributed by atoms with van der Waals surface area (Å²) in [4.78, 5) is 21.0. The molecule has 1 aromatic heterocycles. The Balaban J connectivity index is 1.89. The summed E-state index contributed by atoms with van der Waals surface area (Å²) in [6.07, 6.45) is 1.62. The van der Waals surface area contributed by atoms with E-state index in [4.69, 9.17) is 4.74 Å². The number of aromatic nitrogens is 1. The number of aryl methyl sites for hydroxylation is 1. The fourth-order valence-corrected chi connectivity index (χ4v) is 3.09. The van der Waals surface area contributed by atoms with Crippen LogP contribution in [0.5, 0.6) is 5.75 Å². The molecular weight excluding hydrogens is 390 g/mol. The molecule has 0 atom stereocenters. The molecule has 10 nitrogen and oxygen atoms in total. The molecule has 0 aliphatic heterocycles. The summed E-state index contributed by atoms with van der Waals surface area (Å²) in [5.41, 5.74) is 6.42. The summed E-state index contributed by atoms with van der Waals surface area (Å²) in [5.74, 6) is 0.509. The molecule has 0 aliphatic rings. The Hall–Kier alpha value is -4.21. The summed E-state index contributed by atoms with van der Waals surface area (Å²) in [5, 5.41) is 26.1. The number of hydrazone groups is 1. The standard InChI is InChI=1S/C20H19N5O5/c1-13-10-15(12-21-22-16-4-6-17(7-5-16)24(26)27)14(2)23(13)19-11-18(25(28)29)8-9-20(19)30-3/h4-12,22H,1-3H3/b21-12+. The molecule has 30 heavy (non-hydrogen) atoms. The zero-order chi connectivity index (χ0) is 21.8. The molecule has 0 spiro atoms. The van der Waals surface area contributed by atoms with Crippen LogP contribution >= 0.6 is 0 Å². The van der Waals surface area contributed by atoms with Gasteiger partial charge in [-0.15, -0.1) is 0 Å². The molecule has 0 saturated carbocycles. The number of ether oxygens (including phenoxy) is 1. The van der Waals surface area contributed by atoms with Crippen molar-refractivity contribution in [2.24, 2.45) is 5.10 Å². The maximum atomic E-state index is 11.2.